The molecule has 0 N–H and O–H groups in total. The van der Waals surface area contributed by atoms with Gasteiger partial charge in [-0.2, -0.15) is 0 Å². The molecule has 0 amide bonds. The molecule has 0 saturated heterocycles. The van der Waals surface area contributed by atoms with Crippen molar-refractivity contribution in [1.29, 1.82) is 0 Å². The largest absolute Gasteiger partial charge is 0.343 e. The third-order valence-electron chi connectivity index (χ3n) is 18.1. The summed E-state index contributed by atoms with van der Waals surface area (Å²) in [6.07, 6.45) is 37.1. The molecule has 0 saturated carbocycles. The second-order valence-electron chi connectivity index (χ2n) is 21.9. The summed E-state index contributed by atoms with van der Waals surface area (Å²) >= 11 is 0. The Morgan fingerprint density at radius 3 is 1.19 bits per heavy atom. The van der Waals surface area contributed by atoms with Gasteiger partial charge in [-0.15, -0.1) is 49.4 Å². The highest BCUT2D eigenvalue weighted by atomic mass is 15.0. The summed E-state index contributed by atoms with van der Waals surface area (Å²) in [6, 6.07) is 51.1. The number of nitrogens with zero attached hydrogens (tertiary/aromatic N) is 2. The van der Waals surface area contributed by atoms with E-state index in [4.69, 9.17) is 25.7 Å². The summed E-state index contributed by atoms with van der Waals surface area (Å²) in [6.45, 7) is 11.3. The van der Waals surface area contributed by atoms with Crippen molar-refractivity contribution in [3.05, 3.63) is 189 Å². The maximum Gasteiger partial charge on any atom is 0.0520 e. The van der Waals surface area contributed by atoms with Gasteiger partial charge in [0.2, 0.25) is 0 Å². The highest BCUT2D eigenvalue weighted by Gasteiger charge is 2.48. The van der Waals surface area contributed by atoms with E-state index in [1.165, 1.54) is 138 Å². The van der Waals surface area contributed by atoms with Crippen LogP contribution in [0.5, 0.6) is 0 Å². The smallest absolute Gasteiger partial charge is 0.0520 e. The van der Waals surface area contributed by atoms with Crippen molar-refractivity contribution in [3.8, 4) is 71.6 Å². The summed E-state index contributed by atoms with van der Waals surface area (Å²) < 4.78 is 5.58. The van der Waals surface area contributed by atoms with Crippen molar-refractivity contribution in [1.82, 2.24) is 9.13 Å². The monoisotopic (exact) mass is 963 g/mol. The first-order chi connectivity index (χ1) is 36.4. The third kappa shape index (κ3) is 7.52. The fourth-order valence-electron chi connectivity index (χ4n) is 14.5. The number of rotatable bonds is 18. The highest BCUT2D eigenvalue weighted by Crippen LogP contribution is 2.60. The number of unbranched alkanes of at least 4 members (excludes halogenated alkanes) is 2. The Balaban J connectivity index is 1.27. The molecule has 0 fully saturated rings. The van der Waals surface area contributed by atoms with Gasteiger partial charge in [-0.3, -0.25) is 0 Å². The van der Waals surface area contributed by atoms with Crippen LogP contribution in [0, 0.1) is 61.2 Å². The first-order valence-electron chi connectivity index (χ1n) is 27.8. The van der Waals surface area contributed by atoms with Gasteiger partial charge in [0, 0.05) is 82.8 Å². The van der Waals surface area contributed by atoms with E-state index in [9.17, 15) is 0 Å². The Morgan fingerprint density at radius 2 is 0.811 bits per heavy atom. The van der Waals surface area contributed by atoms with Crippen molar-refractivity contribution in [3.63, 3.8) is 0 Å². The van der Waals surface area contributed by atoms with E-state index in [2.05, 4.69) is 194 Å². The number of hydrogen-bond acceptors (Lipinski definition) is 0. The number of fused-ring (bicyclic) bond motifs is 12. The standard InChI is InChI=1S/C72H70N2/c1-9-17-27-49(15-7)47-73-63-35-25-21-31-57(63)67-66(52-38-40-56-54-30-20-24-34-60(54)72(43-13-5,44-14-6)62(56)46-52)70-68(58-32-22-26-36-64(58)74(70)48-50(16-8)28-18-10-2)65(69(67)73)51-37-39-55-53-29-19-23-33-59(53)71(41-11-3,42-12-4)61(55)45-51/h3-6,19-26,29-40,45-46,49-50,65-66H,9-10,15-18,27-28,41-44,47-48H2,1-2,7-8H3. The van der Waals surface area contributed by atoms with E-state index >= 15 is 0 Å². The van der Waals surface area contributed by atoms with Crippen LogP contribution in [0.15, 0.2) is 133 Å². The minimum Gasteiger partial charge on any atom is -0.343 e. The van der Waals surface area contributed by atoms with Crippen LogP contribution < -0.4 is 0 Å². The minimum absolute atomic E-state index is 0.0989. The van der Waals surface area contributed by atoms with E-state index < -0.39 is 10.8 Å². The van der Waals surface area contributed by atoms with Crippen LogP contribution in [0.25, 0.3) is 44.1 Å². The summed E-state index contributed by atoms with van der Waals surface area (Å²) in [7, 11) is 0. The van der Waals surface area contributed by atoms with Gasteiger partial charge in [0.25, 0.3) is 0 Å². The van der Waals surface area contributed by atoms with Gasteiger partial charge in [-0.1, -0.05) is 188 Å². The third-order valence-corrected chi connectivity index (χ3v) is 18.1. The summed E-state index contributed by atoms with van der Waals surface area (Å²) in [4.78, 5) is 0. The Kier molecular flexibility index (Phi) is 13.3. The molecule has 0 bridgehead atoms. The lowest BCUT2D eigenvalue weighted by Gasteiger charge is -2.36. The first-order valence-corrected chi connectivity index (χ1v) is 27.8. The Hall–Kier alpha value is -7.36. The molecule has 11 rings (SSSR count). The lowest BCUT2D eigenvalue weighted by atomic mass is 9.69. The van der Waals surface area contributed by atoms with Crippen LogP contribution in [-0.4, -0.2) is 9.13 Å². The molecule has 4 atom stereocenters. The molecule has 8 aromatic rings. The van der Waals surface area contributed by atoms with Crippen LogP contribution in [0.2, 0.25) is 0 Å². The highest BCUT2D eigenvalue weighted by molar-refractivity contribution is 5.95. The SMILES string of the molecule is C#CCC1(CC#C)c2ccccc2-c2ccc(C3c4c(n(CC(CC)CCCC)c5ccccc45)C(c4ccc5c(c4)C(CC#C)(CC#C)c4ccccc4-5)c4c3n(CC(CC)CCCC)c3ccccc43)cc21. The number of aromatic nitrogens is 2. The maximum atomic E-state index is 6.38. The lowest BCUT2D eigenvalue weighted by Crippen LogP contribution is -2.27. The van der Waals surface area contributed by atoms with Gasteiger partial charge in [0.15, 0.2) is 0 Å². The zero-order valence-electron chi connectivity index (χ0n) is 44.1. The zero-order chi connectivity index (χ0) is 51.1. The summed E-state index contributed by atoms with van der Waals surface area (Å²) in [5, 5.41) is 2.65. The van der Waals surface area contributed by atoms with Crippen molar-refractivity contribution in [2.45, 2.75) is 141 Å². The minimum atomic E-state index is -0.499. The fraction of sp³-hybridized carbons (Fsp3) is 0.333. The maximum absolute atomic E-state index is 6.38. The second-order valence-corrected chi connectivity index (χ2v) is 21.9. The predicted octanol–water partition coefficient (Wildman–Crippen LogP) is 17.3. The van der Waals surface area contributed by atoms with Gasteiger partial charge >= 0.3 is 0 Å². The van der Waals surface area contributed by atoms with Crippen molar-refractivity contribution < 1.29 is 0 Å². The van der Waals surface area contributed by atoms with Crippen LogP contribution in [0.3, 0.4) is 0 Å². The molecule has 2 nitrogen and oxygen atoms in total. The van der Waals surface area contributed by atoms with Gasteiger partial charge in [0.05, 0.1) is 11.8 Å². The van der Waals surface area contributed by atoms with Crippen molar-refractivity contribution in [2.75, 3.05) is 0 Å². The molecule has 3 aliphatic carbocycles. The molecule has 4 unspecified atom stereocenters. The van der Waals surface area contributed by atoms with E-state index in [0.29, 0.717) is 37.5 Å². The molecule has 2 aromatic heterocycles. The summed E-state index contributed by atoms with van der Waals surface area (Å²) in [5.74, 6) is 13.3. The van der Waals surface area contributed by atoms with Crippen LogP contribution >= 0.6 is 0 Å². The first kappa shape index (κ1) is 48.9. The quantitative estimate of drug-likeness (QED) is 0.0759. The van der Waals surface area contributed by atoms with E-state index in [1.54, 1.807) is 0 Å². The van der Waals surface area contributed by atoms with Crippen LogP contribution in [0.4, 0.5) is 0 Å². The molecule has 0 spiro atoms. The van der Waals surface area contributed by atoms with Crippen LogP contribution in [0.1, 0.15) is 172 Å². The van der Waals surface area contributed by atoms with Crippen molar-refractivity contribution in [2.24, 2.45) is 11.8 Å². The average Bonchev–Trinajstić information content (AvgIpc) is 4.13. The summed E-state index contributed by atoms with van der Waals surface area (Å²) in [5.41, 5.74) is 19.7. The molecule has 368 valence electrons. The van der Waals surface area contributed by atoms with E-state index in [1.807, 2.05) is 0 Å². The second kappa shape index (κ2) is 20.2. The Labute approximate surface area is 442 Å². The average molecular weight is 963 g/mol. The molecule has 74 heavy (non-hydrogen) atoms. The number of para-hydroxylation sites is 2. The molecule has 2 heterocycles. The van der Waals surface area contributed by atoms with Crippen LogP contribution in [-0.2, 0) is 23.9 Å². The normalized spacial score (nSPS) is 16.9. The number of benzene rings is 6. The van der Waals surface area contributed by atoms with Gasteiger partial charge in [-0.25, -0.2) is 0 Å². The lowest BCUT2D eigenvalue weighted by molar-refractivity contribution is 0.385. The topological polar surface area (TPSA) is 9.86 Å². The molecule has 3 aliphatic rings. The fourth-order valence-corrected chi connectivity index (χ4v) is 14.5. The molecular weight excluding hydrogens is 893 g/mol. The Morgan fingerprint density at radius 1 is 0.446 bits per heavy atom. The molecular formula is C72H70N2. The van der Waals surface area contributed by atoms with Crippen molar-refractivity contribution >= 4 is 21.8 Å². The van der Waals surface area contributed by atoms with E-state index in [-0.39, 0.29) is 11.8 Å². The molecule has 0 radical (unpaired) electrons. The number of terminal acetylenes is 4. The molecule has 2 heteroatoms. The molecule has 6 aromatic carbocycles. The number of hydrogen-bond donors (Lipinski definition) is 0. The van der Waals surface area contributed by atoms with Gasteiger partial charge in [-0.05, 0) is 104 Å². The van der Waals surface area contributed by atoms with Gasteiger partial charge in [0.1, 0.15) is 0 Å². The molecule has 0 aliphatic heterocycles. The Bertz CT molecular complexity index is 3340. The predicted molar refractivity (Wildman–Crippen MR) is 311 cm³/mol. The van der Waals surface area contributed by atoms with Gasteiger partial charge < -0.3 is 9.13 Å². The zero-order valence-corrected chi connectivity index (χ0v) is 44.1. The van der Waals surface area contributed by atoms with E-state index in [0.717, 1.165) is 25.9 Å².